The first-order valence-electron chi connectivity index (χ1n) is 18.2. The van der Waals surface area contributed by atoms with Crippen molar-refractivity contribution in [1.82, 2.24) is 0 Å². The largest absolute Gasteiger partial charge is 0.477 e. The van der Waals surface area contributed by atoms with Gasteiger partial charge in [0, 0.05) is 19.3 Å². The molecule has 0 radical (unpaired) electrons. The third-order valence-electron chi connectivity index (χ3n) is 7.84. The zero-order valence-corrected chi connectivity index (χ0v) is 30.5. The molecule has 0 saturated carbocycles. The molecule has 0 aromatic rings. The summed E-state index contributed by atoms with van der Waals surface area (Å²) in [7, 11) is 5.49. The molecular formula is C39H68NO7+. The van der Waals surface area contributed by atoms with Gasteiger partial charge in [0.2, 0.25) is 0 Å². The Kier molecular flexibility index (Phi) is 28.8. The highest BCUT2D eigenvalue weighted by atomic mass is 16.6. The highest BCUT2D eigenvalue weighted by Gasteiger charge is 2.31. The Morgan fingerprint density at radius 1 is 0.660 bits per heavy atom. The smallest absolute Gasteiger partial charge is 0.362 e. The van der Waals surface area contributed by atoms with Gasteiger partial charge in [0.25, 0.3) is 0 Å². The molecule has 8 heteroatoms. The van der Waals surface area contributed by atoms with Crippen LogP contribution in [0.5, 0.6) is 0 Å². The molecule has 0 aliphatic carbocycles. The van der Waals surface area contributed by atoms with Crippen LogP contribution in [0.3, 0.4) is 0 Å². The zero-order valence-electron chi connectivity index (χ0n) is 30.5. The predicted molar refractivity (Wildman–Crippen MR) is 192 cm³/mol. The lowest BCUT2D eigenvalue weighted by molar-refractivity contribution is -0.887. The number of unbranched alkanes of at least 4 members (excludes halogenated alkanes) is 12. The average Bonchev–Trinajstić information content (AvgIpc) is 3.01. The maximum Gasteiger partial charge on any atom is 0.362 e. The summed E-state index contributed by atoms with van der Waals surface area (Å²) in [5, 5.41) is 9.56. The van der Waals surface area contributed by atoms with Crippen molar-refractivity contribution in [2.75, 3.05) is 41.0 Å². The molecule has 0 spiro atoms. The molecule has 0 rings (SSSR count). The Morgan fingerprint density at radius 3 is 1.77 bits per heavy atom. The number of hydrogen-bond acceptors (Lipinski definition) is 6. The molecule has 2 unspecified atom stereocenters. The number of nitrogens with zero attached hydrogens (tertiary/aromatic N) is 1. The van der Waals surface area contributed by atoms with E-state index in [1.54, 1.807) is 0 Å². The fourth-order valence-corrected chi connectivity index (χ4v) is 4.98. The van der Waals surface area contributed by atoms with Gasteiger partial charge in [0.15, 0.2) is 12.1 Å². The van der Waals surface area contributed by atoms with E-state index in [2.05, 4.69) is 32.1 Å². The maximum atomic E-state index is 12.6. The van der Waals surface area contributed by atoms with Crippen molar-refractivity contribution in [3.63, 3.8) is 0 Å². The molecule has 0 aliphatic heterocycles. The van der Waals surface area contributed by atoms with Gasteiger partial charge in [0.1, 0.15) is 6.61 Å². The topological polar surface area (TPSA) is 99.1 Å². The lowest BCUT2D eigenvalue weighted by Gasteiger charge is -2.31. The highest BCUT2D eigenvalue weighted by molar-refractivity contribution is 5.72. The van der Waals surface area contributed by atoms with Crippen LogP contribution in [-0.2, 0) is 28.6 Å². The second-order valence-corrected chi connectivity index (χ2v) is 13.2. The standard InChI is InChI=1S/C39H67NO7/c1-6-8-10-12-14-16-17-18-19-20-21-22-24-26-28-30-38(42)47-35(33-45-32-31-36(39(43)44)40(3,4)5)34-46-37(41)29-27-25-23-15-13-11-9-7-2/h8,10,12,14,16-19,35-36H,6-7,9,11,13,15,20-34H2,1-5H3/p+1/b10-8+,14-12+,17-16+,19-18+. The van der Waals surface area contributed by atoms with Crippen LogP contribution in [0.25, 0.3) is 0 Å². The molecule has 0 aliphatic rings. The predicted octanol–water partition coefficient (Wildman–Crippen LogP) is 8.90. The molecule has 0 heterocycles. The van der Waals surface area contributed by atoms with E-state index in [0.29, 0.717) is 19.3 Å². The van der Waals surface area contributed by atoms with Crippen LogP contribution in [0, 0.1) is 0 Å². The number of carboxylic acid groups (broad SMARTS) is 1. The minimum absolute atomic E-state index is 0.0508. The van der Waals surface area contributed by atoms with Crippen molar-refractivity contribution in [1.29, 1.82) is 0 Å². The third-order valence-corrected chi connectivity index (χ3v) is 7.84. The lowest BCUT2D eigenvalue weighted by Crippen LogP contribution is -2.50. The number of hydrogen-bond donors (Lipinski definition) is 1. The molecule has 0 aromatic heterocycles. The van der Waals surface area contributed by atoms with Gasteiger partial charge in [-0.3, -0.25) is 9.59 Å². The van der Waals surface area contributed by atoms with E-state index < -0.39 is 18.1 Å². The molecule has 47 heavy (non-hydrogen) atoms. The molecule has 2 atom stereocenters. The van der Waals surface area contributed by atoms with E-state index >= 15 is 0 Å². The number of carbonyl (C=O) groups is 3. The monoisotopic (exact) mass is 662 g/mol. The summed E-state index contributed by atoms with van der Waals surface area (Å²) >= 11 is 0. The number of carbonyl (C=O) groups excluding carboxylic acids is 2. The van der Waals surface area contributed by atoms with Crippen molar-refractivity contribution in [2.24, 2.45) is 0 Å². The maximum absolute atomic E-state index is 12.6. The number of quaternary nitrogens is 1. The quantitative estimate of drug-likeness (QED) is 0.0343. The van der Waals surface area contributed by atoms with E-state index in [1.165, 1.54) is 32.1 Å². The number of likely N-dealkylation sites (N-methyl/N-ethyl adjacent to an activating group) is 1. The summed E-state index contributed by atoms with van der Waals surface area (Å²) in [6.07, 6.45) is 33.0. The fraction of sp³-hybridized carbons (Fsp3) is 0.718. The molecule has 270 valence electrons. The lowest BCUT2D eigenvalue weighted by atomic mass is 10.1. The Labute approximate surface area is 286 Å². The van der Waals surface area contributed by atoms with Crippen molar-refractivity contribution in [3.05, 3.63) is 48.6 Å². The molecular weight excluding hydrogens is 594 g/mol. The molecule has 0 fully saturated rings. The van der Waals surface area contributed by atoms with Gasteiger partial charge in [-0.25, -0.2) is 4.79 Å². The van der Waals surface area contributed by atoms with Crippen LogP contribution in [0.1, 0.15) is 129 Å². The molecule has 8 nitrogen and oxygen atoms in total. The number of allylic oxidation sites excluding steroid dienone is 8. The van der Waals surface area contributed by atoms with Crippen LogP contribution in [0.2, 0.25) is 0 Å². The van der Waals surface area contributed by atoms with Crippen molar-refractivity contribution in [3.8, 4) is 0 Å². The summed E-state index contributed by atoms with van der Waals surface area (Å²) in [4.78, 5) is 36.6. The minimum atomic E-state index is -0.883. The van der Waals surface area contributed by atoms with E-state index in [0.717, 1.165) is 64.2 Å². The van der Waals surface area contributed by atoms with E-state index in [4.69, 9.17) is 14.2 Å². The van der Waals surface area contributed by atoms with Crippen LogP contribution in [-0.4, -0.2) is 80.6 Å². The second kappa shape index (κ2) is 30.6. The summed E-state index contributed by atoms with van der Waals surface area (Å²) in [6, 6.07) is -0.617. The zero-order chi connectivity index (χ0) is 35.0. The second-order valence-electron chi connectivity index (χ2n) is 13.2. The first kappa shape index (κ1) is 44.3. The van der Waals surface area contributed by atoms with Crippen LogP contribution >= 0.6 is 0 Å². The summed E-state index contributed by atoms with van der Waals surface area (Å²) in [5.74, 6) is -1.51. The van der Waals surface area contributed by atoms with Gasteiger partial charge in [-0.05, 0) is 32.1 Å². The van der Waals surface area contributed by atoms with Crippen molar-refractivity contribution < 1.29 is 38.2 Å². The van der Waals surface area contributed by atoms with Crippen molar-refractivity contribution >= 4 is 17.9 Å². The number of ether oxygens (including phenoxy) is 3. The normalized spacial score (nSPS) is 13.6. The average molecular weight is 663 g/mol. The van der Waals surface area contributed by atoms with Gasteiger partial charge >= 0.3 is 17.9 Å². The summed E-state index contributed by atoms with van der Waals surface area (Å²) in [6.45, 7) is 4.51. The van der Waals surface area contributed by atoms with Crippen LogP contribution in [0.15, 0.2) is 48.6 Å². The van der Waals surface area contributed by atoms with Gasteiger partial charge in [-0.2, -0.15) is 0 Å². The first-order chi connectivity index (χ1) is 22.6. The fourth-order valence-electron chi connectivity index (χ4n) is 4.98. The number of rotatable bonds is 31. The Hall–Kier alpha value is -2.71. The van der Waals surface area contributed by atoms with Crippen LogP contribution < -0.4 is 0 Å². The van der Waals surface area contributed by atoms with Gasteiger partial charge in [-0.1, -0.05) is 127 Å². The molecule has 1 N–H and O–H groups in total. The van der Waals surface area contributed by atoms with Gasteiger partial charge in [-0.15, -0.1) is 0 Å². The summed E-state index contributed by atoms with van der Waals surface area (Å²) < 4.78 is 17.1. The number of esters is 2. The third kappa shape index (κ3) is 29.2. The molecule has 0 bridgehead atoms. The number of carboxylic acids is 1. The first-order valence-corrected chi connectivity index (χ1v) is 18.2. The van der Waals surface area contributed by atoms with Crippen LogP contribution in [0.4, 0.5) is 0 Å². The minimum Gasteiger partial charge on any atom is -0.477 e. The highest BCUT2D eigenvalue weighted by Crippen LogP contribution is 2.13. The Bertz CT molecular complexity index is 917. The van der Waals surface area contributed by atoms with Gasteiger partial charge < -0.3 is 23.8 Å². The molecule has 0 aromatic carbocycles. The van der Waals surface area contributed by atoms with E-state index in [1.807, 2.05) is 51.5 Å². The van der Waals surface area contributed by atoms with E-state index in [9.17, 15) is 19.5 Å². The Balaban J connectivity index is 4.48. The number of aliphatic carboxylic acids is 1. The SMILES string of the molecule is CC/C=C/C=C/C=C/C=C/CCCCCCCC(=O)OC(COCCC(C(=O)O)[N+](C)(C)C)COC(=O)CCCCCCCCCC. The molecule has 0 amide bonds. The Morgan fingerprint density at radius 2 is 1.19 bits per heavy atom. The van der Waals surface area contributed by atoms with Gasteiger partial charge in [0.05, 0.1) is 34.4 Å². The summed E-state index contributed by atoms with van der Waals surface area (Å²) in [5.41, 5.74) is 0. The molecule has 0 saturated heterocycles. The van der Waals surface area contributed by atoms with E-state index in [-0.39, 0.29) is 36.2 Å². The van der Waals surface area contributed by atoms with Crippen molar-refractivity contribution in [2.45, 2.75) is 142 Å².